The van der Waals surface area contributed by atoms with Crippen LogP contribution in [0, 0.1) is 0 Å². The van der Waals surface area contributed by atoms with E-state index in [2.05, 4.69) is 22.9 Å². The van der Waals surface area contributed by atoms with Crippen LogP contribution in [0.5, 0.6) is 11.5 Å². The summed E-state index contributed by atoms with van der Waals surface area (Å²) in [5.41, 5.74) is 6.74. The molecule has 0 aliphatic carbocycles. The van der Waals surface area contributed by atoms with Gasteiger partial charge in [0.05, 0.1) is 14.2 Å². The quantitative estimate of drug-likeness (QED) is 0.917. The zero-order chi connectivity index (χ0) is 11.4. The van der Waals surface area contributed by atoms with E-state index >= 15 is 0 Å². The first-order valence-corrected chi connectivity index (χ1v) is 5.54. The molecule has 0 aliphatic rings. The summed E-state index contributed by atoms with van der Waals surface area (Å²) in [4.78, 5) is 0. The smallest absolute Gasteiger partial charge is 0.127 e. The SMILES string of the molecule is COc1cc(Br)c(C(C)CN)c(OC)c1. The van der Waals surface area contributed by atoms with Gasteiger partial charge in [-0.1, -0.05) is 22.9 Å². The molecular formula is C11H16BrNO2. The summed E-state index contributed by atoms with van der Waals surface area (Å²) in [5.74, 6) is 1.83. The minimum Gasteiger partial charge on any atom is -0.497 e. The number of halogens is 1. The Labute approximate surface area is 98.7 Å². The van der Waals surface area contributed by atoms with Crippen LogP contribution in [0.3, 0.4) is 0 Å². The second-order valence-electron chi connectivity index (χ2n) is 3.36. The number of hydrogen-bond acceptors (Lipinski definition) is 3. The predicted octanol–water partition coefficient (Wildman–Crippen LogP) is 2.53. The number of nitrogens with two attached hydrogens (primary N) is 1. The van der Waals surface area contributed by atoms with Gasteiger partial charge in [-0.15, -0.1) is 0 Å². The molecule has 0 aromatic heterocycles. The van der Waals surface area contributed by atoms with Crippen molar-refractivity contribution in [2.45, 2.75) is 12.8 Å². The van der Waals surface area contributed by atoms with Gasteiger partial charge >= 0.3 is 0 Å². The normalized spacial score (nSPS) is 12.3. The van der Waals surface area contributed by atoms with Crippen molar-refractivity contribution in [2.75, 3.05) is 20.8 Å². The number of methoxy groups -OCH3 is 2. The van der Waals surface area contributed by atoms with E-state index in [0.717, 1.165) is 21.5 Å². The Hall–Kier alpha value is -0.740. The third-order valence-electron chi connectivity index (χ3n) is 2.37. The molecule has 0 radical (unpaired) electrons. The predicted molar refractivity (Wildman–Crippen MR) is 64.7 cm³/mol. The highest BCUT2D eigenvalue weighted by molar-refractivity contribution is 9.10. The zero-order valence-electron chi connectivity index (χ0n) is 9.21. The lowest BCUT2D eigenvalue weighted by Gasteiger charge is -2.17. The maximum atomic E-state index is 5.66. The Morgan fingerprint density at radius 3 is 2.47 bits per heavy atom. The van der Waals surface area contributed by atoms with E-state index in [1.165, 1.54) is 0 Å². The molecule has 84 valence electrons. The Morgan fingerprint density at radius 1 is 1.33 bits per heavy atom. The molecule has 4 heteroatoms. The molecule has 0 fully saturated rings. The molecule has 2 N–H and O–H groups in total. The van der Waals surface area contributed by atoms with Crippen molar-refractivity contribution in [1.29, 1.82) is 0 Å². The van der Waals surface area contributed by atoms with Gasteiger partial charge in [-0.25, -0.2) is 0 Å². The van der Waals surface area contributed by atoms with Crippen LogP contribution in [0.1, 0.15) is 18.4 Å². The van der Waals surface area contributed by atoms with Crippen LogP contribution in [0.2, 0.25) is 0 Å². The van der Waals surface area contributed by atoms with Gasteiger partial charge < -0.3 is 15.2 Å². The highest BCUT2D eigenvalue weighted by Gasteiger charge is 2.15. The van der Waals surface area contributed by atoms with Crippen LogP contribution in [0.15, 0.2) is 16.6 Å². The van der Waals surface area contributed by atoms with Crippen molar-refractivity contribution in [3.05, 3.63) is 22.2 Å². The van der Waals surface area contributed by atoms with E-state index in [1.54, 1.807) is 14.2 Å². The van der Waals surface area contributed by atoms with E-state index in [-0.39, 0.29) is 5.92 Å². The summed E-state index contributed by atoms with van der Waals surface area (Å²) < 4.78 is 11.5. The molecule has 3 nitrogen and oxygen atoms in total. The second-order valence-corrected chi connectivity index (χ2v) is 4.22. The molecular weight excluding hydrogens is 258 g/mol. The number of rotatable bonds is 4. The third-order valence-corrected chi connectivity index (χ3v) is 3.02. The fraction of sp³-hybridized carbons (Fsp3) is 0.455. The fourth-order valence-corrected chi connectivity index (χ4v) is 2.26. The van der Waals surface area contributed by atoms with Crippen molar-refractivity contribution in [2.24, 2.45) is 5.73 Å². The number of benzene rings is 1. The molecule has 0 saturated carbocycles. The Morgan fingerprint density at radius 2 is 2.00 bits per heavy atom. The van der Waals surface area contributed by atoms with Gasteiger partial charge in [0.2, 0.25) is 0 Å². The monoisotopic (exact) mass is 273 g/mol. The lowest BCUT2D eigenvalue weighted by molar-refractivity contribution is 0.388. The number of ether oxygens (including phenoxy) is 2. The van der Waals surface area contributed by atoms with E-state index in [0.29, 0.717) is 6.54 Å². The highest BCUT2D eigenvalue weighted by atomic mass is 79.9. The molecule has 1 unspecified atom stereocenters. The summed E-state index contributed by atoms with van der Waals surface area (Å²) in [6.07, 6.45) is 0. The van der Waals surface area contributed by atoms with Crippen LogP contribution in [0.25, 0.3) is 0 Å². The van der Waals surface area contributed by atoms with Crippen molar-refractivity contribution >= 4 is 15.9 Å². The summed E-state index contributed by atoms with van der Waals surface area (Å²) in [6.45, 7) is 2.65. The minimum absolute atomic E-state index is 0.250. The largest absolute Gasteiger partial charge is 0.497 e. The van der Waals surface area contributed by atoms with Crippen molar-refractivity contribution in [1.82, 2.24) is 0 Å². The molecule has 1 rings (SSSR count). The summed E-state index contributed by atoms with van der Waals surface area (Å²) >= 11 is 3.51. The van der Waals surface area contributed by atoms with Crippen molar-refractivity contribution in [3.63, 3.8) is 0 Å². The molecule has 15 heavy (non-hydrogen) atoms. The topological polar surface area (TPSA) is 44.5 Å². The maximum absolute atomic E-state index is 5.66. The van der Waals surface area contributed by atoms with Gasteiger partial charge in [-0.2, -0.15) is 0 Å². The molecule has 1 aromatic rings. The molecule has 0 bridgehead atoms. The van der Waals surface area contributed by atoms with Gasteiger partial charge in [-0.3, -0.25) is 0 Å². The van der Waals surface area contributed by atoms with E-state index in [4.69, 9.17) is 15.2 Å². The van der Waals surface area contributed by atoms with Crippen molar-refractivity contribution in [3.8, 4) is 11.5 Å². The van der Waals surface area contributed by atoms with Gasteiger partial charge in [0.1, 0.15) is 11.5 Å². The summed E-state index contributed by atoms with van der Waals surface area (Å²) in [5, 5.41) is 0. The molecule has 0 spiro atoms. The van der Waals surface area contributed by atoms with E-state index in [1.807, 2.05) is 12.1 Å². The zero-order valence-corrected chi connectivity index (χ0v) is 10.8. The molecule has 0 amide bonds. The van der Waals surface area contributed by atoms with Crippen LogP contribution in [-0.2, 0) is 0 Å². The standard InChI is InChI=1S/C11H16BrNO2/c1-7(6-13)11-9(12)4-8(14-2)5-10(11)15-3/h4-5,7H,6,13H2,1-3H3. The average molecular weight is 274 g/mol. The second kappa shape index (κ2) is 5.37. The van der Waals surface area contributed by atoms with Gasteiger partial charge in [0.25, 0.3) is 0 Å². The molecule has 0 saturated heterocycles. The van der Waals surface area contributed by atoms with Gasteiger partial charge in [0.15, 0.2) is 0 Å². The maximum Gasteiger partial charge on any atom is 0.127 e. The Balaban J connectivity index is 3.24. The summed E-state index contributed by atoms with van der Waals surface area (Å²) in [7, 11) is 3.28. The lowest BCUT2D eigenvalue weighted by atomic mass is 10.00. The van der Waals surface area contributed by atoms with Crippen LogP contribution >= 0.6 is 15.9 Å². The first kappa shape index (κ1) is 12.3. The highest BCUT2D eigenvalue weighted by Crippen LogP contribution is 2.36. The molecule has 1 atom stereocenters. The first-order chi connectivity index (χ1) is 7.13. The minimum atomic E-state index is 0.250. The number of hydrogen-bond donors (Lipinski definition) is 1. The average Bonchev–Trinajstić information content (AvgIpc) is 2.26. The van der Waals surface area contributed by atoms with Crippen LogP contribution in [0.4, 0.5) is 0 Å². The molecule has 0 heterocycles. The van der Waals surface area contributed by atoms with Crippen LogP contribution < -0.4 is 15.2 Å². The molecule has 1 aromatic carbocycles. The van der Waals surface area contributed by atoms with Gasteiger partial charge in [-0.05, 0) is 18.5 Å². The van der Waals surface area contributed by atoms with Crippen molar-refractivity contribution < 1.29 is 9.47 Å². The van der Waals surface area contributed by atoms with Crippen LogP contribution in [-0.4, -0.2) is 20.8 Å². The Bertz CT molecular complexity index is 342. The first-order valence-electron chi connectivity index (χ1n) is 4.75. The van der Waals surface area contributed by atoms with E-state index < -0.39 is 0 Å². The third kappa shape index (κ3) is 2.63. The fourth-order valence-electron chi connectivity index (χ4n) is 1.45. The molecule has 0 aliphatic heterocycles. The van der Waals surface area contributed by atoms with E-state index in [9.17, 15) is 0 Å². The summed E-state index contributed by atoms with van der Waals surface area (Å²) in [6, 6.07) is 3.79. The van der Waals surface area contributed by atoms with Gasteiger partial charge in [0, 0.05) is 16.1 Å². The Kier molecular flexibility index (Phi) is 4.42. The lowest BCUT2D eigenvalue weighted by Crippen LogP contribution is -2.10.